The van der Waals surface area contributed by atoms with E-state index in [2.05, 4.69) is 10.8 Å². The molecule has 0 saturated carbocycles. The summed E-state index contributed by atoms with van der Waals surface area (Å²) in [4.78, 5) is 21.0. The third kappa shape index (κ3) is 5.97. The molecule has 0 fully saturated rings. The second kappa shape index (κ2) is 6.06. The second-order valence-electron chi connectivity index (χ2n) is 2.85. The zero-order chi connectivity index (χ0) is 12.8. The number of aliphatic carboxylic acids is 1. The Morgan fingerprint density at radius 1 is 1.44 bits per heavy atom. The maximum absolute atomic E-state index is 11.1. The van der Waals surface area contributed by atoms with Crippen molar-refractivity contribution in [1.29, 1.82) is 0 Å². The summed E-state index contributed by atoms with van der Waals surface area (Å²) in [7, 11) is -3.97. The van der Waals surface area contributed by atoms with E-state index in [1.807, 2.05) is 0 Å². The van der Waals surface area contributed by atoms with Gasteiger partial charge in [0.05, 0.1) is 5.75 Å². The zero-order valence-corrected chi connectivity index (χ0v) is 9.49. The molecule has 0 heterocycles. The second-order valence-corrected chi connectivity index (χ2v) is 4.54. The number of carbonyl (C=O) groups excluding carboxylic acids is 1. The van der Waals surface area contributed by atoms with Crippen molar-refractivity contribution in [1.82, 2.24) is 0 Å². The maximum Gasteiger partial charge on any atom is 0.345 e. The Balaban J connectivity index is 4.31. The van der Waals surface area contributed by atoms with Crippen LogP contribution in [0.3, 0.4) is 0 Å². The number of hydrogen-bond acceptors (Lipinski definition) is 5. The van der Waals surface area contributed by atoms with Crippen LogP contribution < -0.4 is 0 Å². The predicted molar refractivity (Wildman–Crippen MR) is 56.1 cm³/mol. The molecule has 0 aliphatic carbocycles. The molecule has 0 aromatic rings. The SMILES string of the molecule is C=CC(=O)OS(=O)(=O)CCC=C(C)C(=O)O. The summed E-state index contributed by atoms with van der Waals surface area (Å²) >= 11 is 0. The molecule has 0 unspecified atom stereocenters. The first-order valence-electron chi connectivity index (χ1n) is 4.27. The average Bonchev–Trinajstić information content (AvgIpc) is 2.16. The lowest BCUT2D eigenvalue weighted by atomic mass is 10.2. The van der Waals surface area contributed by atoms with Crippen LogP contribution in [0.2, 0.25) is 0 Å². The summed E-state index contributed by atoms with van der Waals surface area (Å²) in [6.45, 7) is 4.39. The van der Waals surface area contributed by atoms with Gasteiger partial charge in [-0.15, -0.1) is 0 Å². The van der Waals surface area contributed by atoms with Crippen molar-refractivity contribution in [2.75, 3.05) is 5.75 Å². The first kappa shape index (κ1) is 14.4. The Labute approximate surface area is 93.3 Å². The number of carboxylic acid groups (broad SMARTS) is 1. The molecular weight excluding hydrogens is 236 g/mol. The molecule has 0 aromatic carbocycles. The number of carbonyl (C=O) groups is 2. The summed E-state index contributed by atoms with van der Waals surface area (Å²) in [6, 6.07) is 0. The minimum Gasteiger partial charge on any atom is -0.478 e. The molecular formula is C9H12O6S. The van der Waals surface area contributed by atoms with Crippen LogP contribution in [-0.4, -0.2) is 31.2 Å². The molecule has 90 valence electrons. The van der Waals surface area contributed by atoms with Gasteiger partial charge in [0.2, 0.25) is 0 Å². The molecule has 0 aromatic heterocycles. The van der Waals surface area contributed by atoms with Crippen molar-refractivity contribution >= 4 is 22.1 Å². The fourth-order valence-corrected chi connectivity index (χ4v) is 1.52. The molecule has 0 aliphatic heterocycles. The largest absolute Gasteiger partial charge is 0.478 e. The van der Waals surface area contributed by atoms with Crippen molar-refractivity contribution in [3.05, 3.63) is 24.3 Å². The van der Waals surface area contributed by atoms with Crippen LogP contribution in [-0.2, 0) is 23.9 Å². The summed E-state index contributed by atoms with van der Waals surface area (Å²) < 4.78 is 26.2. The summed E-state index contributed by atoms with van der Waals surface area (Å²) in [5.74, 6) is -2.64. The van der Waals surface area contributed by atoms with E-state index in [1.165, 1.54) is 13.0 Å². The van der Waals surface area contributed by atoms with E-state index in [1.54, 1.807) is 0 Å². The van der Waals surface area contributed by atoms with Gasteiger partial charge < -0.3 is 9.29 Å². The minimum absolute atomic E-state index is 0.0326. The normalized spacial score (nSPS) is 11.9. The van der Waals surface area contributed by atoms with Gasteiger partial charge in [0, 0.05) is 11.6 Å². The van der Waals surface area contributed by atoms with Crippen LogP contribution in [0.4, 0.5) is 0 Å². The first-order chi connectivity index (χ1) is 7.28. The quantitative estimate of drug-likeness (QED) is 0.542. The lowest BCUT2D eigenvalue weighted by Gasteiger charge is -2.01. The minimum atomic E-state index is -3.97. The number of allylic oxidation sites excluding steroid dienone is 1. The van der Waals surface area contributed by atoms with Gasteiger partial charge in [-0.3, -0.25) is 0 Å². The average molecular weight is 248 g/mol. The highest BCUT2D eigenvalue weighted by Crippen LogP contribution is 2.01. The smallest absolute Gasteiger partial charge is 0.345 e. The van der Waals surface area contributed by atoms with E-state index >= 15 is 0 Å². The molecule has 0 saturated heterocycles. The molecule has 0 bridgehead atoms. The first-order valence-corrected chi connectivity index (χ1v) is 5.85. The van der Waals surface area contributed by atoms with E-state index < -0.39 is 27.8 Å². The van der Waals surface area contributed by atoms with Crippen LogP contribution in [0.15, 0.2) is 24.3 Å². The summed E-state index contributed by atoms with van der Waals surface area (Å²) in [5.41, 5.74) is 0.0326. The molecule has 0 radical (unpaired) electrons. The maximum atomic E-state index is 11.1. The number of rotatable bonds is 6. The van der Waals surface area contributed by atoms with Gasteiger partial charge >= 0.3 is 22.1 Å². The van der Waals surface area contributed by atoms with Crippen molar-refractivity contribution < 1.29 is 27.3 Å². The monoisotopic (exact) mass is 248 g/mol. The van der Waals surface area contributed by atoms with Crippen molar-refractivity contribution in [2.24, 2.45) is 0 Å². The third-order valence-corrected chi connectivity index (χ3v) is 2.69. The van der Waals surface area contributed by atoms with Crippen molar-refractivity contribution in [3.63, 3.8) is 0 Å². The highest BCUT2D eigenvalue weighted by atomic mass is 32.2. The molecule has 0 rings (SSSR count). The van der Waals surface area contributed by atoms with Gasteiger partial charge in [0.25, 0.3) is 0 Å². The van der Waals surface area contributed by atoms with Crippen molar-refractivity contribution in [2.45, 2.75) is 13.3 Å². The van der Waals surface area contributed by atoms with Crippen LogP contribution in [0.5, 0.6) is 0 Å². The van der Waals surface area contributed by atoms with Gasteiger partial charge in [0.1, 0.15) is 0 Å². The molecule has 1 N–H and O–H groups in total. The van der Waals surface area contributed by atoms with Gasteiger partial charge in [-0.2, -0.15) is 8.42 Å². The Morgan fingerprint density at radius 2 is 2.00 bits per heavy atom. The third-order valence-electron chi connectivity index (χ3n) is 1.53. The van der Waals surface area contributed by atoms with E-state index in [4.69, 9.17) is 5.11 Å². The molecule has 7 heteroatoms. The molecule has 0 aliphatic rings. The molecule has 16 heavy (non-hydrogen) atoms. The van der Waals surface area contributed by atoms with E-state index in [0.717, 1.165) is 6.08 Å². The molecule has 0 amide bonds. The van der Waals surface area contributed by atoms with Gasteiger partial charge in [-0.25, -0.2) is 9.59 Å². The van der Waals surface area contributed by atoms with Crippen LogP contribution >= 0.6 is 0 Å². The van der Waals surface area contributed by atoms with E-state index in [-0.39, 0.29) is 12.0 Å². The Hall–Kier alpha value is -1.63. The van der Waals surface area contributed by atoms with E-state index in [9.17, 15) is 18.0 Å². The van der Waals surface area contributed by atoms with Crippen molar-refractivity contribution in [3.8, 4) is 0 Å². The Kier molecular flexibility index (Phi) is 5.44. The Morgan fingerprint density at radius 3 is 2.44 bits per heavy atom. The summed E-state index contributed by atoms with van der Waals surface area (Å²) in [5, 5.41) is 8.48. The number of carboxylic acids is 1. The van der Waals surface area contributed by atoms with Crippen LogP contribution in [0, 0.1) is 0 Å². The predicted octanol–water partition coefficient (Wildman–Crippen LogP) is 0.466. The fourth-order valence-electron chi connectivity index (χ4n) is 0.708. The highest BCUT2D eigenvalue weighted by Gasteiger charge is 2.14. The summed E-state index contributed by atoms with van der Waals surface area (Å²) in [6.07, 6.45) is 1.93. The van der Waals surface area contributed by atoms with Crippen LogP contribution in [0.25, 0.3) is 0 Å². The van der Waals surface area contributed by atoms with Gasteiger partial charge in [-0.05, 0) is 13.3 Å². The van der Waals surface area contributed by atoms with E-state index in [0.29, 0.717) is 0 Å². The standard InChI is InChI=1S/C9H12O6S/c1-3-8(10)15-16(13,14)6-4-5-7(2)9(11)12/h3,5H,1,4,6H2,2H3,(H,11,12). The highest BCUT2D eigenvalue weighted by molar-refractivity contribution is 7.87. The lowest BCUT2D eigenvalue weighted by Crippen LogP contribution is -2.14. The van der Waals surface area contributed by atoms with Gasteiger partial charge in [-0.1, -0.05) is 12.7 Å². The fraction of sp³-hybridized carbons (Fsp3) is 0.333. The van der Waals surface area contributed by atoms with Gasteiger partial charge in [0.15, 0.2) is 0 Å². The topological polar surface area (TPSA) is 97.7 Å². The lowest BCUT2D eigenvalue weighted by molar-refractivity contribution is -0.132. The Bertz CT molecular complexity index is 417. The molecule has 0 atom stereocenters. The van der Waals surface area contributed by atoms with Crippen LogP contribution in [0.1, 0.15) is 13.3 Å². The zero-order valence-electron chi connectivity index (χ0n) is 8.67. The molecule has 0 spiro atoms. The number of hydrogen-bond donors (Lipinski definition) is 1. The molecule has 6 nitrogen and oxygen atoms in total.